The van der Waals surface area contributed by atoms with E-state index in [9.17, 15) is 0 Å². The summed E-state index contributed by atoms with van der Waals surface area (Å²) in [7, 11) is 0. The maximum Gasteiger partial charge on any atom is 0.142 e. The lowest BCUT2D eigenvalue weighted by Crippen LogP contribution is -1.92. The highest BCUT2D eigenvalue weighted by atomic mass is 16.3. The van der Waals surface area contributed by atoms with Crippen molar-refractivity contribution in [2.75, 3.05) is 0 Å². The lowest BCUT2D eigenvalue weighted by Gasteiger charge is -2.19. The van der Waals surface area contributed by atoms with Crippen molar-refractivity contribution in [3.8, 4) is 22.3 Å². The Morgan fingerprint density at radius 3 is 1.79 bits per heavy atom. The van der Waals surface area contributed by atoms with E-state index in [1.165, 1.54) is 60.0 Å². The van der Waals surface area contributed by atoms with Crippen LogP contribution in [0.4, 0.5) is 0 Å². The molecule has 8 rings (SSSR count). The van der Waals surface area contributed by atoms with Crippen molar-refractivity contribution in [3.05, 3.63) is 151 Å². The van der Waals surface area contributed by atoms with E-state index in [0.29, 0.717) is 0 Å². The van der Waals surface area contributed by atoms with Crippen LogP contribution in [0.5, 0.6) is 0 Å². The van der Waals surface area contributed by atoms with E-state index in [0.717, 1.165) is 27.7 Å². The highest BCUT2D eigenvalue weighted by Crippen LogP contribution is 2.47. The van der Waals surface area contributed by atoms with Gasteiger partial charge in [-0.15, -0.1) is 0 Å². The predicted molar refractivity (Wildman–Crippen MR) is 181 cm³/mol. The van der Waals surface area contributed by atoms with Gasteiger partial charge in [-0.3, -0.25) is 0 Å². The number of rotatable bonds is 4. The molecular weight excluding hydrogens is 508 g/mol. The van der Waals surface area contributed by atoms with Gasteiger partial charge < -0.3 is 4.42 Å². The summed E-state index contributed by atoms with van der Waals surface area (Å²) < 4.78 is 6.46. The highest BCUT2D eigenvalue weighted by molar-refractivity contribution is 6.25. The van der Waals surface area contributed by atoms with E-state index in [4.69, 9.17) is 4.42 Å². The fourth-order valence-corrected chi connectivity index (χ4v) is 6.65. The third-order valence-electron chi connectivity index (χ3n) is 8.60. The minimum atomic E-state index is 0.869. The summed E-state index contributed by atoms with van der Waals surface area (Å²) >= 11 is 0. The number of fused-ring (bicyclic) bond motifs is 6. The molecule has 1 nitrogen and oxygen atoms in total. The van der Waals surface area contributed by atoms with Crippen molar-refractivity contribution >= 4 is 60.1 Å². The van der Waals surface area contributed by atoms with Crippen LogP contribution in [-0.4, -0.2) is 0 Å². The molecule has 0 radical (unpaired) electrons. The van der Waals surface area contributed by atoms with Crippen LogP contribution < -0.4 is 0 Å². The van der Waals surface area contributed by atoms with Crippen molar-refractivity contribution in [2.24, 2.45) is 0 Å². The fraction of sp³-hybridized carbons (Fsp3) is 0.0244. The van der Waals surface area contributed by atoms with Crippen molar-refractivity contribution in [1.29, 1.82) is 0 Å². The first-order valence-electron chi connectivity index (χ1n) is 14.4. The zero-order chi connectivity index (χ0) is 28.2. The van der Waals surface area contributed by atoms with Gasteiger partial charge in [-0.25, -0.2) is 0 Å². The molecule has 0 aliphatic rings. The lowest BCUT2D eigenvalue weighted by atomic mass is 9.84. The van der Waals surface area contributed by atoms with Crippen LogP contribution in [0.3, 0.4) is 0 Å². The van der Waals surface area contributed by atoms with Gasteiger partial charge in [-0.2, -0.15) is 0 Å². The summed E-state index contributed by atoms with van der Waals surface area (Å²) in [5.41, 5.74) is 7.05. The molecule has 0 N–H and O–H groups in total. The largest absolute Gasteiger partial charge is 0.456 e. The molecule has 0 saturated carbocycles. The topological polar surface area (TPSA) is 13.1 Å². The zero-order valence-corrected chi connectivity index (χ0v) is 23.4. The zero-order valence-electron chi connectivity index (χ0n) is 23.4. The fourth-order valence-electron chi connectivity index (χ4n) is 6.65. The van der Waals surface area contributed by atoms with Crippen LogP contribution in [-0.2, 0) is 0 Å². The van der Waals surface area contributed by atoms with Gasteiger partial charge in [0.05, 0.1) is 0 Å². The van der Waals surface area contributed by atoms with Gasteiger partial charge in [0.2, 0.25) is 0 Å². The second-order valence-electron chi connectivity index (χ2n) is 10.9. The normalized spacial score (nSPS) is 11.9. The van der Waals surface area contributed by atoms with Crippen molar-refractivity contribution in [3.63, 3.8) is 0 Å². The third-order valence-corrected chi connectivity index (χ3v) is 8.60. The van der Waals surface area contributed by atoms with E-state index in [2.05, 4.69) is 135 Å². The van der Waals surface area contributed by atoms with Gasteiger partial charge in [0.15, 0.2) is 0 Å². The Morgan fingerprint density at radius 1 is 0.548 bits per heavy atom. The van der Waals surface area contributed by atoms with Gasteiger partial charge in [0.1, 0.15) is 11.3 Å². The summed E-state index contributed by atoms with van der Waals surface area (Å²) in [5, 5.41) is 11.0. The van der Waals surface area contributed by atoms with E-state index >= 15 is 0 Å². The number of allylic oxidation sites excluding steroid dienone is 2. The van der Waals surface area contributed by atoms with Crippen molar-refractivity contribution in [1.82, 2.24) is 0 Å². The number of hydrogen-bond acceptors (Lipinski definition) is 1. The Kier molecular flexibility index (Phi) is 5.58. The van der Waals surface area contributed by atoms with Crippen LogP contribution in [0.15, 0.2) is 144 Å². The summed E-state index contributed by atoms with van der Waals surface area (Å²) in [6.45, 7) is 5.98. The average Bonchev–Trinajstić information content (AvgIpc) is 3.37. The van der Waals surface area contributed by atoms with Crippen LogP contribution in [0.1, 0.15) is 11.3 Å². The van der Waals surface area contributed by atoms with Crippen LogP contribution in [0.2, 0.25) is 0 Å². The van der Waals surface area contributed by atoms with Gasteiger partial charge in [-0.05, 0) is 85.1 Å². The molecule has 8 aromatic rings. The van der Waals surface area contributed by atoms with Gasteiger partial charge in [0.25, 0.3) is 0 Å². The van der Waals surface area contributed by atoms with Crippen LogP contribution in [0, 0.1) is 6.92 Å². The van der Waals surface area contributed by atoms with Gasteiger partial charge in [-0.1, -0.05) is 128 Å². The smallest absolute Gasteiger partial charge is 0.142 e. The molecule has 0 saturated heterocycles. The first kappa shape index (κ1) is 24.4. The number of aryl methyl sites for hydroxylation is 1. The molecule has 1 heterocycles. The molecule has 7 aromatic carbocycles. The minimum absolute atomic E-state index is 0.869. The second kappa shape index (κ2) is 9.61. The molecule has 1 aromatic heterocycles. The van der Waals surface area contributed by atoms with Crippen LogP contribution in [0.25, 0.3) is 82.4 Å². The molecule has 1 heteroatoms. The summed E-state index contributed by atoms with van der Waals surface area (Å²) in [5.74, 6) is 0.869. The quantitative estimate of drug-likeness (QED) is 0.161. The Labute approximate surface area is 244 Å². The maximum atomic E-state index is 6.46. The van der Waals surface area contributed by atoms with Crippen LogP contribution >= 0.6 is 0 Å². The number of benzene rings is 7. The molecule has 0 aliphatic heterocycles. The van der Waals surface area contributed by atoms with E-state index < -0.39 is 0 Å². The first-order valence-corrected chi connectivity index (χ1v) is 14.4. The predicted octanol–water partition coefficient (Wildman–Crippen LogP) is 11.9. The van der Waals surface area contributed by atoms with Gasteiger partial charge >= 0.3 is 0 Å². The Morgan fingerprint density at radius 2 is 1.12 bits per heavy atom. The van der Waals surface area contributed by atoms with E-state index in [-0.39, 0.29) is 0 Å². The van der Waals surface area contributed by atoms with E-state index in [1.807, 2.05) is 12.2 Å². The Balaban J connectivity index is 1.52. The van der Waals surface area contributed by atoms with Gasteiger partial charge in [0, 0.05) is 16.3 Å². The maximum absolute atomic E-state index is 6.46. The Bertz CT molecular complexity index is 2320. The molecule has 42 heavy (non-hydrogen) atoms. The molecule has 0 fully saturated rings. The summed E-state index contributed by atoms with van der Waals surface area (Å²) in [6.07, 6.45) is 5.71. The molecule has 0 spiro atoms. The summed E-state index contributed by atoms with van der Waals surface area (Å²) in [4.78, 5) is 0. The molecule has 0 atom stereocenters. The lowest BCUT2D eigenvalue weighted by molar-refractivity contribution is 0.604. The first-order chi connectivity index (χ1) is 20.7. The SMILES string of the molecule is C=C/C=C\c1oc2c(cc(-c3c4ccccc4c(-c4ccc5ccccc5c4)c4ccccc34)c3ccccc32)c1C. The molecule has 0 bridgehead atoms. The highest BCUT2D eigenvalue weighted by Gasteiger charge is 2.21. The number of hydrogen-bond donors (Lipinski definition) is 0. The minimum Gasteiger partial charge on any atom is -0.456 e. The molecule has 198 valence electrons. The Hall–Kier alpha value is -5.40. The molecule has 0 aliphatic carbocycles. The number of furan rings is 1. The molecular formula is C41H28O. The van der Waals surface area contributed by atoms with Crippen molar-refractivity contribution in [2.45, 2.75) is 6.92 Å². The standard InChI is InChI=1S/C41H28O/c1-3-4-21-38-26(2)36-25-37(30-15-7-12-20-35(30)41(36)42-38)40-33-18-10-8-16-31(33)39(32-17-9-11-19-34(32)40)29-23-22-27-13-5-6-14-28(27)24-29/h3-25H,1H2,2H3/b21-4-. The second-order valence-corrected chi connectivity index (χ2v) is 10.9. The average molecular weight is 537 g/mol. The molecule has 0 amide bonds. The summed E-state index contributed by atoms with van der Waals surface area (Å²) in [6, 6.07) is 44.1. The van der Waals surface area contributed by atoms with E-state index in [1.54, 1.807) is 6.08 Å². The third kappa shape index (κ3) is 3.64. The monoisotopic (exact) mass is 536 g/mol. The molecule has 0 unspecified atom stereocenters. The van der Waals surface area contributed by atoms with Crippen molar-refractivity contribution < 1.29 is 4.42 Å².